The first-order chi connectivity index (χ1) is 25.9. The number of carboxylic acid groups (broad SMARTS) is 2. The second-order valence-electron chi connectivity index (χ2n) is 13.7. The van der Waals surface area contributed by atoms with Crippen LogP contribution < -0.4 is 9.47 Å². The lowest BCUT2D eigenvalue weighted by Crippen LogP contribution is -2.45. The molecule has 0 saturated carbocycles. The third kappa shape index (κ3) is 18.7. The number of hydrogen-bond acceptors (Lipinski definition) is 8. The molecule has 0 aliphatic carbocycles. The molecule has 4 atom stereocenters. The molecule has 4 rings (SSSR count). The van der Waals surface area contributed by atoms with E-state index >= 15 is 0 Å². The van der Waals surface area contributed by atoms with Gasteiger partial charge < -0.3 is 39.0 Å². The second-order valence-corrected chi connectivity index (χ2v) is 15.3. The zero-order valence-electron chi connectivity index (χ0n) is 32.3. The van der Waals surface area contributed by atoms with Crippen LogP contribution in [0.25, 0.3) is 0 Å². The highest BCUT2D eigenvalue weighted by atomic mass is 35.5. The van der Waals surface area contributed by atoms with E-state index in [2.05, 4.69) is 23.6 Å². The maximum absolute atomic E-state index is 9.10. The highest BCUT2D eigenvalue weighted by molar-refractivity contribution is 6.42. The molecule has 0 spiro atoms. The van der Waals surface area contributed by atoms with E-state index < -0.39 is 11.9 Å². The Kier molecular flexibility index (Phi) is 24.6. The van der Waals surface area contributed by atoms with Gasteiger partial charge in [-0.3, -0.25) is 0 Å². The third-order valence-electron chi connectivity index (χ3n) is 9.80. The number of rotatable bonds is 18. The molecule has 2 saturated heterocycles. The summed E-state index contributed by atoms with van der Waals surface area (Å²) in [5.74, 6) is -0.990. The number of piperidine rings is 2. The molecule has 306 valence electrons. The minimum atomic E-state index is -1.82. The summed E-state index contributed by atoms with van der Waals surface area (Å²) in [6, 6.07) is 10.8. The van der Waals surface area contributed by atoms with Gasteiger partial charge in [-0.05, 0) is 101 Å². The van der Waals surface area contributed by atoms with Crippen LogP contribution in [0, 0.1) is 11.8 Å². The predicted molar refractivity (Wildman–Crippen MR) is 218 cm³/mol. The zero-order chi connectivity index (χ0) is 39.9. The van der Waals surface area contributed by atoms with E-state index in [1.165, 1.54) is 77.5 Å². The fourth-order valence-electron chi connectivity index (χ4n) is 6.62. The Balaban J connectivity index is 0.000000325. The highest BCUT2D eigenvalue weighted by Gasteiger charge is 2.30. The molecule has 0 radical (unpaired) electrons. The van der Waals surface area contributed by atoms with Crippen LogP contribution in [0.3, 0.4) is 0 Å². The van der Waals surface area contributed by atoms with Crippen LogP contribution in [0.5, 0.6) is 11.5 Å². The Bertz CT molecular complexity index is 1270. The van der Waals surface area contributed by atoms with Gasteiger partial charge in [0.25, 0.3) is 0 Å². The highest BCUT2D eigenvalue weighted by Crippen LogP contribution is 2.29. The van der Waals surface area contributed by atoms with Crippen molar-refractivity contribution >= 4 is 58.3 Å². The Morgan fingerprint density at radius 3 is 1.35 bits per heavy atom. The molecule has 0 aromatic heterocycles. The van der Waals surface area contributed by atoms with Crippen LogP contribution in [-0.4, -0.2) is 111 Å². The van der Waals surface area contributed by atoms with E-state index in [9.17, 15) is 0 Å². The van der Waals surface area contributed by atoms with Gasteiger partial charge in [-0.2, -0.15) is 0 Å². The zero-order valence-corrected chi connectivity index (χ0v) is 35.3. The van der Waals surface area contributed by atoms with E-state index in [1.807, 2.05) is 26.4 Å². The average molecular weight is 839 g/mol. The lowest BCUT2D eigenvalue weighted by molar-refractivity contribution is -0.159. The van der Waals surface area contributed by atoms with Crippen molar-refractivity contribution in [3.8, 4) is 11.5 Å². The summed E-state index contributed by atoms with van der Waals surface area (Å²) in [6.07, 6.45) is 12.7. The number of ether oxygens (including phenoxy) is 4. The fourth-order valence-corrected chi connectivity index (χ4v) is 7.20. The maximum atomic E-state index is 9.10. The summed E-state index contributed by atoms with van der Waals surface area (Å²) >= 11 is 23.9. The quantitative estimate of drug-likeness (QED) is 0.111. The molecule has 2 heterocycles. The van der Waals surface area contributed by atoms with Gasteiger partial charge in [0, 0.05) is 39.4 Å². The van der Waals surface area contributed by atoms with Gasteiger partial charge in [0.2, 0.25) is 0 Å². The van der Waals surface area contributed by atoms with Crippen molar-refractivity contribution in [3.05, 3.63) is 56.5 Å². The Hall–Kier alpha value is -2.02. The molecular formula is C40H60Cl4N2O8. The normalized spacial score (nSPS) is 20.2. The van der Waals surface area contributed by atoms with Crippen LogP contribution >= 0.6 is 46.4 Å². The molecule has 2 aromatic carbocycles. The number of likely N-dealkylation sites (tertiary alicyclic amines) is 2. The lowest BCUT2D eigenvalue weighted by atomic mass is 9.91. The lowest BCUT2D eigenvalue weighted by Gasteiger charge is -2.37. The molecule has 0 bridgehead atoms. The van der Waals surface area contributed by atoms with Crippen LogP contribution in [0.1, 0.15) is 78.1 Å². The van der Waals surface area contributed by atoms with Crippen molar-refractivity contribution in [1.29, 1.82) is 0 Å². The molecule has 2 N–H and O–H groups in total. The van der Waals surface area contributed by atoms with Crippen LogP contribution in [0.15, 0.2) is 36.4 Å². The first kappa shape index (κ1) is 48.1. The van der Waals surface area contributed by atoms with Gasteiger partial charge in [0.15, 0.2) is 0 Å². The summed E-state index contributed by atoms with van der Waals surface area (Å²) < 4.78 is 23.1. The summed E-state index contributed by atoms with van der Waals surface area (Å²) in [5.41, 5.74) is 0. The van der Waals surface area contributed by atoms with Gasteiger partial charge in [-0.25, -0.2) is 9.59 Å². The second kappa shape index (κ2) is 27.6. The Morgan fingerprint density at radius 2 is 1.04 bits per heavy atom. The van der Waals surface area contributed by atoms with Crippen molar-refractivity contribution < 1.29 is 38.7 Å². The molecule has 54 heavy (non-hydrogen) atoms. The summed E-state index contributed by atoms with van der Waals surface area (Å²) in [7, 11) is 3.65. The van der Waals surface area contributed by atoms with Crippen molar-refractivity contribution in [2.75, 3.05) is 66.7 Å². The fraction of sp³-hybridized carbons (Fsp3) is 0.650. The number of halogens is 4. The molecule has 0 unspecified atom stereocenters. The number of carbonyl (C=O) groups is 2. The average Bonchev–Trinajstić information content (AvgIpc) is 3.16. The van der Waals surface area contributed by atoms with Gasteiger partial charge in [0.05, 0.1) is 45.5 Å². The maximum Gasteiger partial charge on any atom is 0.414 e. The summed E-state index contributed by atoms with van der Waals surface area (Å²) in [4.78, 5) is 23.3. The topological polar surface area (TPSA) is 118 Å². The first-order valence-corrected chi connectivity index (χ1v) is 20.6. The van der Waals surface area contributed by atoms with E-state index in [4.69, 9.17) is 85.2 Å². The van der Waals surface area contributed by atoms with Crippen LogP contribution in [-0.2, 0) is 19.1 Å². The smallest absolute Gasteiger partial charge is 0.414 e. The van der Waals surface area contributed by atoms with Gasteiger partial charge >= 0.3 is 11.9 Å². The molecule has 2 fully saturated rings. The SMILES string of the molecule is CCCCCN1CC[C@@H](CCOc2ccc(Cl)c(Cl)c2)[C@@H](OC)C1.CCCCCN1CC[C@@H](CCOc2ccc(Cl)c(Cl)c2)[C@@H](OC)C1.O=C(O)C(=O)O. The number of benzene rings is 2. The molecule has 2 aromatic rings. The Labute approximate surface area is 342 Å². The summed E-state index contributed by atoms with van der Waals surface area (Å²) in [6.45, 7) is 12.7. The number of nitrogens with zero attached hydrogens (tertiary/aromatic N) is 2. The minimum absolute atomic E-state index is 0.304. The monoisotopic (exact) mass is 836 g/mol. The largest absolute Gasteiger partial charge is 0.494 e. The number of unbranched alkanes of at least 4 members (excludes halogenated alkanes) is 4. The van der Waals surface area contributed by atoms with E-state index in [0.29, 0.717) is 57.3 Å². The number of aliphatic carboxylic acids is 2. The van der Waals surface area contributed by atoms with Crippen molar-refractivity contribution in [3.63, 3.8) is 0 Å². The van der Waals surface area contributed by atoms with E-state index in [0.717, 1.165) is 37.4 Å². The first-order valence-electron chi connectivity index (χ1n) is 19.0. The van der Waals surface area contributed by atoms with Crippen molar-refractivity contribution in [2.24, 2.45) is 11.8 Å². The van der Waals surface area contributed by atoms with Crippen LogP contribution in [0.2, 0.25) is 20.1 Å². The number of methoxy groups -OCH3 is 2. The predicted octanol–water partition coefficient (Wildman–Crippen LogP) is 9.73. The van der Waals surface area contributed by atoms with Gasteiger partial charge in [-0.1, -0.05) is 85.9 Å². The van der Waals surface area contributed by atoms with E-state index in [-0.39, 0.29) is 0 Å². The molecule has 0 amide bonds. The van der Waals surface area contributed by atoms with Gasteiger partial charge in [-0.15, -0.1) is 0 Å². The molecule has 2 aliphatic rings. The Morgan fingerprint density at radius 1 is 0.648 bits per heavy atom. The molecule has 10 nitrogen and oxygen atoms in total. The standard InChI is InChI=1S/2C19H29Cl2NO2.C2H2O4/c2*1-3-4-5-10-22-11-8-15(19(14-22)23-2)9-12-24-16-6-7-17(20)18(21)13-16;3-1(4)2(5)6/h2*6-7,13,15,19H,3-5,8-12,14H2,1-2H3;(H,3,4)(H,5,6)/t2*15-,19-;/m00./s1. The number of carboxylic acids is 2. The van der Waals surface area contributed by atoms with E-state index in [1.54, 1.807) is 24.3 Å². The van der Waals surface area contributed by atoms with Crippen molar-refractivity contribution in [2.45, 2.75) is 90.3 Å². The minimum Gasteiger partial charge on any atom is -0.494 e. The molecule has 2 aliphatic heterocycles. The molecule has 14 heteroatoms. The summed E-state index contributed by atoms with van der Waals surface area (Å²) in [5, 5.41) is 17.0. The van der Waals surface area contributed by atoms with Crippen molar-refractivity contribution in [1.82, 2.24) is 9.80 Å². The third-order valence-corrected chi connectivity index (χ3v) is 11.3. The number of hydrogen-bond donors (Lipinski definition) is 2. The van der Waals surface area contributed by atoms with Crippen LogP contribution in [0.4, 0.5) is 0 Å². The molecular weight excluding hydrogens is 778 g/mol. The van der Waals surface area contributed by atoms with Gasteiger partial charge in [0.1, 0.15) is 11.5 Å².